The van der Waals surface area contributed by atoms with Crippen molar-refractivity contribution < 1.29 is 5.11 Å². The highest BCUT2D eigenvalue weighted by Gasteiger charge is 2.12. The van der Waals surface area contributed by atoms with Crippen molar-refractivity contribution in [2.75, 3.05) is 6.54 Å². The van der Waals surface area contributed by atoms with Crippen molar-refractivity contribution in [3.05, 3.63) is 28.3 Å². The molecule has 0 saturated carbocycles. The third-order valence-electron chi connectivity index (χ3n) is 1.89. The smallest absolute Gasteiger partial charge is 0.138 e. The maximum atomic E-state index is 9.56. The second kappa shape index (κ2) is 3.96. The van der Waals surface area contributed by atoms with Gasteiger partial charge in [0, 0.05) is 18.2 Å². The summed E-state index contributed by atoms with van der Waals surface area (Å²) in [6.07, 6.45) is 0. The summed E-state index contributed by atoms with van der Waals surface area (Å²) in [6, 6.07) is 3.11. The summed E-state index contributed by atoms with van der Waals surface area (Å²) in [7, 11) is 0. The number of aryl methyl sites for hydroxylation is 1. The summed E-state index contributed by atoms with van der Waals surface area (Å²) < 4.78 is 0. The molecule has 5 N–H and O–H groups in total. The first kappa shape index (κ1) is 10.3. The largest absolute Gasteiger partial charge is 0.506 e. The molecule has 1 aromatic rings. The Bertz CT molecular complexity index is 315. The van der Waals surface area contributed by atoms with Crippen molar-refractivity contribution in [3.8, 4) is 5.75 Å². The topological polar surface area (TPSA) is 72.3 Å². The lowest BCUT2D eigenvalue weighted by Crippen LogP contribution is -2.20. The Hall–Kier alpha value is -0.770. The molecule has 13 heavy (non-hydrogen) atoms. The molecule has 0 aliphatic rings. The minimum atomic E-state index is -0.364. The highest BCUT2D eigenvalue weighted by molar-refractivity contribution is 6.32. The zero-order chi connectivity index (χ0) is 10.0. The fraction of sp³-hybridized carbons (Fsp3) is 0.333. The van der Waals surface area contributed by atoms with Gasteiger partial charge >= 0.3 is 0 Å². The molecule has 0 radical (unpaired) electrons. The van der Waals surface area contributed by atoms with Crippen molar-refractivity contribution >= 4 is 11.6 Å². The number of phenolic OH excluding ortho intramolecular Hbond substituents is 1. The summed E-state index contributed by atoms with van der Waals surface area (Å²) in [5.74, 6) is 0.0326. The molecule has 0 saturated heterocycles. The van der Waals surface area contributed by atoms with Crippen molar-refractivity contribution in [1.82, 2.24) is 0 Å². The maximum Gasteiger partial charge on any atom is 0.138 e. The molecule has 1 rings (SSSR count). The molecule has 4 heteroatoms. The molecule has 0 amide bonds. The van der Waals surface area contributed by atoms with Gasteiger partial charge in [-0.25, -0.2) is 0 Å². The lowest BCUT2D eigenvalue weighted by molar-refractivity contribution is 0.462. The quantitative estimate of drug-likeness (QED) is 0.674. The third-order valence-corrected chi connectivity index (χ3v) is 2.18. The van der Waals surface area contributed by atoms with E-state index in [0.717, 1.165) is 5.56 Å². The first-order valence-electron chi connectivity index (χ1n) is 4.01. The maximum absolute atomic E-state index is 9.56. The molecular formula is C9H13ClN2O. The molecule has 0 spiro atoms. The number of halogens is 1. The van der Waals surface area contributed by atoms with Crippen LogP contribution in [-0.4, -0.2) is 11.7 Å². The van der Waals surface area contributed by atoms with E-state index >= 15 is 0 Å². The zero-order valence-corrected chi connectivity index (χ0v) is 8.17. The van der Waals surface area contributed by atoms with Crippen LogP contribution in [0.15, 0.2) is 12.1 Å². The van der Waals surface area contributed by atoms with Gasteiger partial charge in [0.25, 0.3) is 0 Å². The van der Waals surface area contributed by atoms with Gasteiger partial charge in [0.15, 0.2) is 0 Å². The van der Waals surface area contributed by atoms with Gasteiger partial charge < -0.3 is 16.6 Å². The summed E-state index contributed by atoms with van der Waals surface area (Å²) in [4.78, 5) is 0. The Morgan fingerprint density at radius 3 is 2.69 bits per heavy atom. The standard InChI is InChI=1S/C9H13ClN2O/c1-5-2-6(8(12)4-11)9(13)7(10)3-5/h2-3,8,13H,4,11-12H2,1H3/t8-/m1/s1. The minimum absolute atomic E-state index is 0.0326. The van der Waals surface area contributed by atoms with Crippen LogP contribution in [0.2, 0.25) is 5.02 Å². The number of benzene rings is 1. The van der Waals surface area contributed by atoms with Gasteiger partial charge in [0.1, 0.15) is 5.75 Å². The first-order valence-corrected chi connectivity index (χ1v) is 4.38. The van der Waals surface area contributed by atoms with E-state index in [0.29, 0.717) is 10.6 Å². The second-order valence-corrected chi connectivity index (χ2v) is 3.43. The zero-order valence-electron chi connectivity index (χ0n) is 7.42. The molecule has 0 bridgehead atoms. The van der Waals surface area contributed by atoms with Crippen LogP contribution < -0.4 is 11.5 Å². The van der Waals surface area contributed by atoms with E-state index in [1.807, 2.05) is 6.92 Å². The van der Waals surface area contributed by atoms with E-state index in [1.54, 1.807) is 12.1 Å². The molecule has 0 heterocycles. The van der Waals surface area contributed by atoms with Gasteiger partial charge in [0.2, 0.25) is 0 Å². The fourth-order valence-corrected chi connectivity index (χ4v) is 1.45. The summed E-state index contributed by atoms with van der Waals surface area (Å²) in [5, 5.41) is 9.87. The Kier molecular flexibility index (Phi) is 3.14. The predicted molar refractivity (Wildman–Crippen MR) is 53.8 cm³/mol. The Labute approximate surface area is 82.3 Å². The molecular weight excluding hydrogens is 188 g/mol. The molecule has 0 aliphatic carbocycles. The fourth-order valence-electron chi connectivity index (χ4n) is 1.17. The van der Waals surface area contributed by atoms with Crippen LogP contribution in [-0.2, 0) is 0 Å². The van der Waals surface area contributed by atoms with Crippen LogP contribution in [0.25, 0.3) is 0 Å². The van der Waals surface area contributed by atoms with Gasteiger partial charge in [-0.1, -0.05) is 17.7 Å². The average molecular weight is 201 g/mol. The molecule has 0 aliphatic heterocycles. The lowest BCUT2D eigenvalue weighted by atomic mass is 10.0. The number of hydrogen-bond donors (Lipinski definition) is 3. The molecule has 0 aromatic heterocycles. The normalized spacial score (nSPS) is 12.9. The number of aromatic hydroxyl groups is 1. The number of nitrogens with two attached hydrogens (primary N) is 2. The van der Waals surface area contributed by atoms with Crippen molar-refractivity contribution in [2.24, 2.45) is 11.5 Å². The Morgan fingerprint density at radius 1 is 1.54 bits per heavy atom. The highest BCUT2D eigenvalue weighted by atomic mass is 35.5. The lowest BCUT2D eigenvalue weighted by Gasteiger charge is -2.13. The predicted octanol–water partition coefficient (Wildman–Crippen LogP) is 1.31. The van der Waals surface area contributed by atoms with Crippen LogP contribution in [0.1, 0.15) is 17.2 Å². The van der Waals surface area contributed by atoms with E-state index < -0.39 is 0 Å². The minimum Gasteiger partial charge on any atom is -0.506 e. The van der Waals surface area contributed by atoms with E-state index in [2.05, 4.69) is 0 Å². The number of hydrogen-bond acceptors (Lipinski definition) is 3. The number of phenols is 1. The summed E-state index contributed by atoms with van der Waals surface area (Å²) >= 11 is 5.77. The van der Waals surface area contributed by atoms with Crippen molar-refractivity contribution in [1.29, 1.82) is 0 Å². The van der Waals surface area contributed by atoms with E-state index in [-0.39, 0.29) is 18.3 Å². The molecule has 0 fully saturated rings. The van der Waals surface area contributed by atoms with Gasteiger partial charge in [-0.15, -0.1) is 0 Å². The van der Waals surface area contributed by atoms with Crippen molar-refractivity contribution in [2.45, 2.75) is 13.0 Å². The van der Waals surface area contributed by atoms with Crippen LogP contribution in [0.3, 0.4) is 0 Å². The first-order chi connectivity index (χ1) is 6.06. The molecule has 1 aromatic carbocycles. The highest BCUT2D eigenvalue weighted by Crippen LogP contribution is 2.31. The molecule has 1 atom stereocenters. The van der Waals surface area contributed by atoms with E-state index in [4.69, 9.17) is 23.1 Å². The Balaban J connectivity index is 3.20. The van der Waals surface area contributed by atoms with E-state index in [1.165, 1.54) is 0 Å². The molecule has 0 unspecified atom stereocenters. The van der Waals surface area contributed by atoms with Crippen LogP contribution >= 0.6 is 11.6 Å². The van der Waals surface area contributed by atoms with Gasteiger partial charge in [-0.05, 0) is 18.6 Å². The average Bonchev–Trinajstić information content (AvgIpc) is 2.10. The SMILES string of the molecule is Cc1cc(Cl)c(O)c([C@H](N)CN)c1. The second-order valence-electron chi connectivity index (χ2n) is 3.03. The summed E-state index contributed by atoms with van der Waals surface area (Å²) in [5.41, 5.74) is 12.6. The monoisotopic (exact) mass is 200 g/mol. The Morgan fingerprint density at radius 2 is 2.15 bits per heavy atom. The molecule has 3 nitrogen and oxygen atoms in total. The van der Waals surface area contributed by atoms with Crippen LogP contribution in [0, 0.1) is 6.92 Å². The van der Waals surface area contributed by atoms with Gasteiger partial charge in [-0.3, -0.25) is 0 Å². The van der Waals surface area contributed by atoms with Crippen LogP contribution in [0.4, 0.5) is 0 Å². The van der Waals surface area contributed by atoms with Gasteiger partial charge in [0.05, 0.1) is 5.02 Å². The third kappa shape index (κ3) is 2.12. The summed E-state index contributed by atoms with van der Waals surface area (Å²) in [6.45, 7) is 2.17. The number of rotatable bonds is 2. The van der Waals surface area contributed by atoms with Gasteiger partial charge in [-0.2, -0.15) is 0 Å². The van der Waals surface area contributed by atoms with Crippen molar-refractivity contribution in [3.63, 3.8) is 0 Å². The van der Waals surface area contributed by atoms with E-state index in [9.17, 15) is 5.11 Å². The van der Waals surface area contributed by atoms with Crippen LogP contribution in [0.5, 0.6) is 5.75 Å². The molecule has 72 valence electrons.